The molecule has 1 aliphatic carbocycles. The number of rotatable bonds is 3. The standard InChI is InChI=1S/C18H19BrO2/c19-17-8-4-7-14-9-10-15(12-16(14)17)21-18(20)11-13-5-2-1-3-6-13/h4,7-10,12-13H,1-3,5-6,11H2. The summed E-state index contributed by atoms with van der Waals surface area (Å²) in [6.07, 6.45) is 6.69. The van der Waals surface area contributed by atoms with Crippen molar-refractivity contribution in [2.24, 2.45) is 5.92 Å². The Kier molecular flexibility index (Phi) is 4.59. The quantitative estimate of drug-likeness (QED) is 0.543. The van der Waals surface area contributed by atoms with Crippen LogP contribution in [0.4, 0.5) is 0 Å². The van der Waals surface area contributed by atoms with Crippen LogP contribution in [0, 0.1) is 5.92 Å². The van der Waals surface area contributed by atoms with E-state index >= 15 is 0 Å². The Balaban J connectivity index is 1.69. The third-order valence-electron chi connectivity index (χ3n) is 4.21. The number of hydrogen-bond acceptors (Lipinski definition) is 2. The van der Waals surface area contributed by atoms with Gasteiger partial charge in [0.15, 0.2) is 0 Å². The lowest BCUT2D eigenvalue weighted by atomic mass is 9.87. The Bertz CT molecular complexity index is 645. The zero-order valence-corrected chi connectivity index (χ0v) is 13.6. The number of ether oxygens (including phenoxy) is 1. The molecule has 0 aliphatic heterocycles. The van der Waals surface area contributed by atoms with Gasteiger partial charge in [-0.3, -0.25) is 4.79 Å². The molecule has 0 unspecified atom stereocenters. The molecule has 0 heterocycles. The molecule has 0 spiro atoms. The average molecular weight is 347 g/mol. The highest BCUT2D eigenvalue weighted by atomic mass is 79.9. The van der Waals surface area contributed by atoms with Crippen molar-refractivity contribution in [2.45, 2.75) is 38.5 Å². The van der Waals surface area contributed by atoms with E-state index in [9.17, 15) is 4.79 Å². The van der Waals surface area contributed by atoms with Gasteiger partial charge in [0.05, 0.1) is 0 Å². The van der Waals surface area contributed by atoms with Crippen LogP contribution in [0.1, 0.15) is 38.5 Å². The molecule has 2 aromatic carbocycles. The molecule has 0 N–H and O–H groups in total. The van der Waals surface area contributed by atoms with E-state index in [1.165, 1.54) is 32.1 Å². The first kappa shape index (κ1) is 14.6. The summed E-state index contributed by atoms with van der Waals surface area (Å²) in [5.41, 5.74) is 0. The van der Waals surface area contributed by atoms with Crippen molar-refractivity contribution in [1.82, 2.24) is 0 Å². The lowest BCUT2D eigenvalue weighted by Gasteiger charge is -2.20. The van der Waals surface area contributed by atoms with E-state index in [1.807, 2.05) is 36.4 Å². The van der Waals surface area contributed by atoms with Gasteiger partial charge in [0.25, 0.3) is 0 Å². The summed E-state index contributed by atoms with van der Waals surface area (Å²) < 4.78 is 6.54. The molecule has 0 radical (unpaired) electrons. The predicted molar refractivity (Wildman–Crippen MR) is 88.5 cm³/mol. The molecule has 0 atom stereocenters. The van der Waals surface area contributed by atoms with E-state index < -0.39 is 0 Å². The van der Waals surface area contributed by atoms with Crippen LogP contribution in [-0.4, -0.2) is 5.97 Å². The highest BCUT2D eigenvalue weighted by molar-refractivity contribution is 9.10. The Morgan fingerprint density at radius 1 is 1.14 bits per heavy atom. The fourth-order valence-electron chi connectivity index (χ4n) is 3.08. The maximum absolute atomic E-state index is 12.1. The molecule has 0 saturated heterocycles. The van der Waals surface area contributed by atoms with Gasteiger partial charge in [-0.15, -0.1) is 0 Å². The number of fused-ring (bicyclic) bond motifs is 1. The molecular weight excluding hydrogens is 328 g/mol. The van der Waals surface area contributed by atoms with Gasteiger partial charge in [0.2, 0.25) is 0 Å². The summed E-state index contributed by atoms with van der Waals surface area (Å²) in [6.45, 7) is 0. The van der Waals surface area contributed by atoms with Crippen molar-refractivity contribution in [1.29, 1.82) is 0 Å². The fourth-order valence-corrected chi connectivity index (χ4v) is 3.57. The maximum atomic E-state index is 12.1. The smallest absolute Gasteiger partial charge is 0.311 e. The summed E-state index contributed by atoms with van der Waals surface area (Å²) >= 11 is 3.54. The van der Waals surface area contributed by atoms with Crippen LogP contribution in [-0.2, 0) is 4.79 Å². The molecule has 110 valence electrons. The maximum Gasteiger partial charge on any atom is 0.311 e. The van der Waals surface area contributed by atoms with E-state index in [2.05, 4.69) is 15.9 Å². The van der Waals surface area contributed by atoms with Crippen molar-refractivity contribution in [2.75, 3.05) is 0 Å². The monoisotopic (exact) mass is 346 g/mol. The summed E-state index contributed by atoms with van der Waals surface area (Å²) in [7, 11) is 0. The molecule has 1 fully saturated rings. The van der Waals surface area contributed by atoms with Crippen LogP contribution in [0.2, 0.25) is 0 Å². The molecule has 3 rings (SSSR count). The molecule has 1 aliphatic rings. The van der Waals surface area contributed by atoms with Crippen molar-refractivity contribution in [3.63, 3.8) is 0 Å². The topological polar surface area (TPSA) is 26.3 Å². The highest BCUT2D eigenvalue weighted by Gasteiger charge is 2.18. The van der Waals surface area contributed by atoms with Gasteiger partial charge in [-0.1, -0.05) is 53.4 Å². The normalized spacial score (nSPS) is 16.0. The SMILES string of the molecule is O=C(CC1CCCCC1)Oc1ccc2cccc(Br)c2c1. The molecular formula is C18H19BrO2. The lowest BCUT2D eigenvalue weighted by Crippen LogP contribution is -2.16. The van der Waals surface area contributed by atoms with Gasteiger partial charge >= 0.3 is 5.97 Å². The second kappa shape index (κ2) is 6.61. The Labute approximate surface area is 133 Å². The van der Waals surface area contributed by atoms with E-state index in [0.29, 0.717) is 18.1 Å². The van der Waals surface area contributed by atoms with E-state index in [-0.39, 0.29) is 5.97 Å². The number of esters is 1. The van der Waals surface area contributed by atoms with Crippen LogP contribution >= 0.6 is 15.9 Å². The first-order valence-corrected chi connectivity index (χ1v) is 8.40. The third kappa shape index (κ3) is 3.65. The number of benzene rings is 2. The minimum atomic E-state index is -0.103. The summed E-state index contributed by atoms with van der Waals surface area (Å²) in [5, 5.41) is 2.21. The van der Waals surface area contributed by atoms with Crippen LogP contribution in [0.15, 0.2) is 40.9 Å². The molecule has 1 saturated carbocycles. The fraction of sp³-hybridized carbons (Fsp3) is 0.389. The van der Waals surface area contributed by atoms with E-state index in [0.717, 1.165) is 15.2 Å². The zero-order chi connectivity index (χ0) is 14.7. The number of carbonyl (C=O) groups excluding carboxylic acids is 1. The number of hydrogen-bond donors (Lipinski definition) is 0. The number of halogens is 1. The largest absolute Gasteiger partial charge is 0.426 e. The van der Waals surface area contributed by atoms with Gasteiger partial charge < -0.3 is 4.74 Å². The zero-order valence-electron chi connectivity index (χ0n) is 12.0. The van der Waals surface area contributed by atoms with Gasteiger partial charge in [-0.2, -0.15) is 0 Å². The highest BCUT2D eigenvalue weighted by Crippen LogP contribution is 2.29. The predicted octanol–water partition coefficient (Wildman–Crippen LogP) is 5.48. The van der Waals surface area contributed by atoms with Crippen LogP contribution in [0.5, 0.6) is 5.75 Å². The summed E-state index contributed by atoms with van der Waals surface area (Å²) in [5.74, 6) is 1.04. The third-order valence-corrected chi connectivity index (χ3v) is 4.90. The molecule has 0 amide bonds. The van der Waals surface area contributed by atoms with Crippen molar-refractivity contribution >= 4 is 32.7 Å². The molecule has 3 heteroatoms. The second-order valence-corrected chi connectivity index (χ2v) is 6.66. The van der Waals surface area contributed by atoms with Crippen LogP contribution in [0.25, 0.3) is 10.8 Å². The lowest BCUT2D eigenvalue weighted by molar-refractivity contribution is -0.135. The average Bonchev–Trinajstić information content (AvgIpc) is 2.49. The van der Waals surface area contributed by atoms with E-state index in [4.69, 9.17) is 4.74 Å². The molecule has 0 bridgehead atoms. The van der Waals surface area contributed by atoms with Crippen molar-refractivity contribution in [3.8, 4) is 5.75 Å². The molecule has 2 aromatic rings. The molecule has 0 aromatic heterocycles. The van der Waals surface area contributed by atoms with Gasteiger partial charge in [0, 0.05) is 10.9 Å². The van der Waals surface area contributed by atoms with Crippen LogP contribution < -0.4 is 4.74 Å². The minimum Gasteiger partial charge on any atom is -0.426 e. The van der Waals surface area contributed by atoms with Crippen molar-refractivity contribution in [3.05, 3.63) is 40.9 Å². The number of carbonyl (C=O) groups is 1. The Morgan fingerprint density at radius 3 is 2.76 bits per heavy atom. The minimum absolute atomic E-state index is 0.103. The summed E-state index contributed by atoms with van der Waals surface area (Å²) in [4.78, 5) is 12.1. The van der Waals surface area contributed by atoms with Gasteiger partial charge in [0.1, 0.15) is 5.75 Å². The second-order valence-electron chi connectivity index (χ2n) is 5.81. The summed E-state index contributed by atoms with van der Waals surface area (Å²) in [6, 6.07) is 11.8. The van der Waals surface area contributed by atoms with E-state index in [1.54, 1.807) is 0 Å². The van der Waals surface area contributed by atoms with Crippen LogP contribution in [0.3, 0.4) is 0 Å². The Hall–Kier alpha value is -1.35. The molecule has 2 nitrogen and oxygen atoms in total. The Morgan fingerprint density at radius 2 is 1.95 bits per heavy atom. The van der Waals surface area contributed by atoms with Gasteiger partial charge in [-0.25, -0.2) is 0 Å². The van der Waals surface area contributed by atoms with Gasteiger partial charge in [-0.05, 0) is 47.7 Å². The van der Waals surface area contributed by atoms with Crippen molar-refractivity contribution < 1.29 is 9.53 Å². The molecule has 21 heavy (non-hydrogen) atoms. The first-order valence-electron chi connectivity index (χ1n) is 7.61. The first-order chi connectivity index (χ1) is 10.2.